The van der Waals surface area contributed by atoms with Gasteiger partial charge in [0, 0.05) is 5.92 Å². The molecule has 1 aromatic heterocycles. The van der Waals surface area contributed by atoms with E-state index >= 15 is 0 Å². The van der Waals surface area contributed by atoms with Crippen LogP contribution in [0.3, 0.4) is 0 Å². The van der Waals surface area contributed by atoms with E-state index in [1.165, 1.54) is 24.3 Å². The number of rotatable bonds is 5. The lowest BCUT2D eigenvalue weighted by molar-refractivity contribution is -0.145. The molecule has 0 aliphatic carbocycles. The molecule has 110 valence electrons. The number of nitrogens with zero attached hydrogens (tertiary/aromatic N) is 3. The minimum atomic E-state index is -0.998. The molecule has 0 bridgehead atoms. The van der Waals surface area contributed by atoms with E-state index < -0.39 is 17.8 Å². The van der Waals surface area contributed by atoms with Crippen LogP contribution >= 0.6 is 0 Å². The van der Waals surface area contributed by atoms with Crippen LogP contribution in [0, 0.1) is 11.8 Å². The Morgan fingerprint density at radius 3 is 2.57 bits per heavy atom. The van der Waals surface area contributed by atoms with E-state index in [9.17, 15) is 9.59 Å². The predicted molar refractivity (Wildman–Crippen MR) is 76.0 cm³/mol. The number of carbonyl (C=O) groups excluding carboxylic acids is 1. The molecule has 1 amide bonds. The highest BCUT2D eigenvalue weighted by Gasteiger charge is 2.26. The van der Waals surface area contributed by atoms with Crippen molar-refractivity contribution in [3.8, 4) is 5.69 Å². The third-order valence-electron chi connectivity index (χ3n) is 3.38. The van der Waals surface area contributed by atoms with Crippen LogP contribution in [0.4, 0.5) is 5.69 Å². The zero-order valence-electron chi connectivity index (χ0n) is 11.7. The maximum atomic E-state index is 12.2. The van der Waals surface area contributed by atoms with Crippen LogP contribution < -0.4 is 5.32 Å². The number of carboxylic acids is 1. The van der Waals surface area contributed by atoms with Gasteiger partial charge in [0.05, 0.1) is 17.3 Å². The third kappa shape index (κ3) is 3.25. The van der Waals surface area contributed by atoms with Crippen molar-refractivity contribution < 1.29 is 14.7 Å². The quantitative estimate of drug-likeness (QED) is 0.870. The zero-order valence-corrected chi connectivity index (χ0v) is 11.7. The lowest BCUT2D eigenvalue weighted by atomic mass is 9.95. The Morgan fingerprint density at radius 1 is 1.24 bits per heavy atom. The van der Waals surface area contributed by atoms with Crippen molar-refractivity contribution in [2.75, 3.05) is 5.32 Å². The number of benzene rings is 1. The van der Waals surface area contributed by atoms with E-state index in [1.54, 1.807) is 25.1 Å². The molecule has 0 aliphatic heterocycles. The van der Waals surface area contributed by atoms with Crippen LogP contribution in [0.5, 0.6) is 0 Å². The fourth-order valence-corrected chi connectivity index (χ4v) is 1.80. The van der Waals surface area contributed by atoms with Crippen molar-refractivity contribution in [1.29, 1.82) is 0 Å². The van der Waals surface area contributed by atoms with Crippen molar-refractivity contribution in [2.45, 2.75) is 13.8 Å². The van der Waals surface area contributed by atoms with E-state index in [2.05, 4.69) is 15.4 Å². The number of para-hydroxylation sites is 2. The van der Waals surface area contributed by atoms with Crippen LogP contribution in [-0.2, 0) is 9.59 Å². The second-order valence-corrected chi connectivity index (χ2v) is 4.76. The molecule has 0 aliphatic rings. The number of amides is 1. The maximum Gasteiger partial charge on any atom is 0.307 e. The summed E-state index contributed by atoms with van der Waals surface area (Å²) in [6.45, 7) is 3.10. The second-order valence-electron chi connectivity index (χ2n) is 4.76. The van der Waals surface area contributed by atoms with Gasteiger partial charge < -0.3 is 10.4 Å². The molecule has 7 nitrogen and oxygen atoms in total. The Hall–Kier alpha value is -2.70. The number of carbonyl (C=O) groups is 2. The summed E-state index contributed by atoms with van der Waals surface area (Å²) < 4.78 is 1.53. The van der Waals surface area contributed by atoms with Crippen molar-refractivity contribution in [3.63, 3.8) is 0 Å². The van der Waals surface area contributed by atoms with Gasteiger partial charge in [-0.1, -0.05) is 26.0 Å². The minimum absolute atomic E-state index is 0.350. The first-order valence-electron chi connectivity index (χ1n) is 6.48. The average Bonchev–Trinajstić information content (AvgIpc) is 3.00. The largest absolute Gasteiger partial charge is 0.481 e. The van der Waals surface area contributed by atoms with Crippen molar-refractivity contribution >= 4 is 17.6 Å². The predicted octanol–water partition coefficient (Wildman–Crippen LogP) is 1.56. The van der Waals surface area contributed by atoms with Crippen LogP contribution in [0.15, 0.2) is 36.9 Å². The monoisotopic (exact) mass is 288 g/mol. The minimum Gasteiger partial charge on any atom is -0.481 e. The van der Waals surface area contributed by atoms with Crippen molar-refractivity contribution in [3.05, 3.63) is 36.9 Å². The fraction of sp³-hybridized carbons (Fsp3) is 0.286. The molecule has 21 heavy (non-hydrogen) atoms. The Morgan fingerprint density at radius 2 is 1.95 bits per heavy atom. The first kappa shape index (κ1) is 14.7. The molecule has 2 atom stereocenters. The summed E-state index contributed by atoms with van der Waals surface area (Å²) in [6, 6.07) is 7.11. The van der Waals surface area contributed by atoms with Gasteiger partial charge in [-0.05, 0) is 12.1 Å². The van der Waals surface area contributed by atoms with E-state index in [0.29, 0.717) is 11.4 Å². The molecule has 2 unspecified atom stereocenters. The van der Waals surface area contributed by atoms with Gasteiger partial charge in [0.15, 0.2) is 0 Å². The lowest BCUT2D eigenvalue weighted by Gasteiger charge is -2.17. The van der Waals surface area contributed by atoms with E-state index in [1.807, 2.05) is 6.07 Å². The number of anilines is 1. The van der Waals surface area contributed by atoms with E-state index in [-0.39, 0.29) is 5.91 Å². The number of aliphatic carboxylic acids is 1. The maximum absolute atomic E-state index is 12.2. The number of hydrogen-bond acceptors (Lipinski definition) is 4. The van der Waals surface area contributed by atoms with Gasteiger partial charge in [-0.3, -0.25) is 9.59 Å². The Kier molecular flexibility index (Phi) is 4.32. The normalized spacial score (nSPS) is 13.4. The zero-order chi connectivity index (χ0) is 15.4. The third-order valence-corrected chi connectivity index (χ3v) is 3.38. The van der Waals surface area contributed by atoms with Gasteiger partial charge >= 0.3 is 5.97 Å². The molecule has 1 heterocycles. The van der Waals surface area contributed by atoms with Crippen molar-refractivity contribution in [2.24, 2.45) is 11.8 Å². The highest BCUT2D eigenvalue weighted by molar-refractivity contribution is 5.96. The first-order chi connectivity index (χ1) is 10.0. The SMILES string of the molecule is CC(C(=O)O)C(C)C(=O)Nc1ccccc1-n1cncn1. The molecule has 0 spiro atoms. The Balaban J connectivity index is 2.21. The molecule has 0 saturated heterocycles. The molecule has 0 saturated carbocycles. The number of nitrogens with one attached hydrogen (secondary N) is 1. The molecule has 2 N–H and O–H groups in total. The standard InChI is InChI=1S/C14H16N4O3/c1-9(10(2)14(20)21)13(19)17-11-5-3-4-6-12(11)18-8-15-7-16-18/h3-10H,1-2H3,(H,17,19)(H,20,21). The summed E-state index contributed by atoms with van der Waals surface area (Å²) in [6.07, 6.45) is 2.92. The molecule has 7 heteroatoms. The highest BCUT2D eigenvalue weighted by atomic mass is 16.4. The summed E-state index contributed by atoms with van der Waals surface area (Å²) in [7, 11) is 0. The summed E-state index contributed by atoms with van der Waals surface area (Å²) in [5, 5.41) is 15.7. The number of carboxylic acid groups (broad SMARTS) is 1. The second kappa shape index (κ2) is 6.17. The smallest absolute Gasteiger partial charge is 0.307 e. The van der Waals surface area contributed by atoms with Crippen molar-refractivity contribution in [1.82, 2.24) is 14.8 Å². The number of hydrogen-bond donors (Lipinski definition) is 2. The van der Waals surface area contributed by atoms with Gasteiger partial charge in [0.2, 0.25) is 5.91 Å². The molecule has 0 radical (unpaired) electrons. The molecule has 2 aromatic rings. The fourth-order valence-electron chi connectivity index (χ4n) is 1.80. The van der Waals surface area contributed by atoms with Crippen LogP contribution in [0.2, 0.25) is 0 Å². The molecule has 2 rings (SSSR count). The van der Waals surface area contributed by atoms with E-state index in [4.69, 9.17) is 5.11 Å². The van der Waals surface area contributed by atoms with Crippen LogP contribution in [-0.4, -0.2) is 31.7 Å². The van der Waals surface area contributed by atoms with Gasteiger partial charge in [-0.2, -0.15) is 5.10 Å². The van der Waals surface area contributed by atoms with Crippen LogP contribution in [0.1, 0.15) is 13.8 Å². The highest BCUT2D eigenvalue weighted by Crippen LogP contribution is 2.21. The Labute approximate surface area is 121 Å². The van der Waals surface area contributed by atoms with Gasteiger partial charge in [0.25, 0.3) is 0 Å². The van der Waals surface area contributed by atoms with E-state index in [0.717, 1.165) is 0 Å². The first-order valence-corrected chi connectivity index (χ1v) is 6.48. The molecule has 1 aromatic carbocycles. The van der Waals surface area contributed by atoms with Gasteiger partial charge in [0.1, 0.15) is 12.7 Å². The molecular weight excluding hydrogens is 272 g/mol. The topological polar surface area (TPSA) is 97.1 Å². The summed E-state index contributed by atoms with van der Waals surface area (Å²) in [5.74, 6) is -2.76. The molecular formula is C14H16N4O3. The summed E-state index contributed by atoms with van der Waals surface area (Å²) in [5.41, 5.74) is 1.22. The molecule has 0 fully saturated rings. The lowest BCUT2D eigenvalue weighted by Crippen LogP contribution is -2.30. The van der Waals surface area contributed by atoms with Crippen LogP contribution in [0.25, 0.3) is 5.69 Å². The summed E-state index contributed by atoms with van der Waals surface area (Å²) >= 11 is 0. The average molecular weight is 288 g/mol. The summed E-state index contributed by atoms with van der Waals surface area (Å²) in [4.78, 5) is 27.0. The number of aromatic nitrogens is 3. The van der Waals surface area contributed by atoms with Gasteiger partial charge in [-0.15, -0.1) is 0 Å². The van der Waals surface area contributed by atoms with Gasteiger partial charge in [-0.25, -0.2) is 9.67 Å². The Bertz CT molecular complexity index is 639.